The van der Waals surface area contributed by atoms with Gasteiger partial charge >= 0.3 is 0 Å². The number of aromatic nitrogens is 4. The van der Waals surface area contributed by atoms with Crippen molar-refractivity contribution in [1.82, 2.24) is 24.0 Å². The van der Waals surface area contributed by atoms with Crippen LogP contribution in [0.5, 0.6) is 5.75 Å². The second-order valence-electron chi connectivity index (χ2n) is 18.4. The number of hydrogen-bond donors (Lipinski definition) is 0. The van der Waals surface area contributed by atoms with Gasteiger partial charge in [0.1, 0.15) is 17.9 Å². The average molecular weight is 1110 g/mol. The lowest BCUT2D eigenvalue weighted by molar-refractivity contribution is 0.261. The number of nitrogens with zero attached hydrogens (tertiary/aromatic N) is 5. The summed E-state index contributed by atoms with van der Waals surface area (Å²) in [7, 11) is 4.11. The maximum absolute atomic E-state index is 6.69. The fourth-order valence-electron chi connectivity index (χ4n) is 9.20. The smallest absolute Gasteiger partial charge is 0.123 e. The molecular formula is C66H61Cl4N5OS. The number of thioether (sulfide) groups is 1. The van der Waals surface area contributed by atoms with Crippen molar-refractivity contribution in [3.05, 3.63) is 314 Å². The minimum absolute atomic E-state index is 0.194. The van der Waals surface area contributed by atoms with Crippen LogP contribution >= 0.6 is 58.2 Å². The average Bonchev–Trinajstić information content (AvgIpc) is 4.24. The van der Waals surface area contributed by atoms with E-state index in [1.165, 1.54) is 33.4 Å². The zero-order chi connectivity index (χ0) is 53.8. The minimum atomic E-state index is -0.586. The second kappa shape index (κ2) is 28.5. The molecule has 0 fully saturated rings. The van der Waals surface area contributed by atoms with Crippen LogP contribution in [-0.4, -0.2) is 51.2 Å². The molecule has 10 rings (SSSR count). The van der Waals surface area contributed by atoms with Gasteiger partial charge in [-0.25, -0.2) is 9.97 Å². The maximum Gasteiger partial charge on any atom is 0.123 e. The molecule has 8 aromatic carbocycles. The van der Waals surface area contributed by atoms with Crippen molar-refractivity contribution < 1.29 is 4.74 Å². The number of ether oxygens (including phenoxy) is 1. The van der Waals surface area contributed by atoms with E-state index in [-0.39, 0.29) is 5.25 Å². The van der Waals surface area contributed by atoms with Crippen molar-refractivity contribution >= 4 is 69.3 Å². The second-order valence-corrected chi connectivity index (χ2v) is 21.2. The van der Waals surface area contributed by atoms with Gasteiger partial charge in [-0.05, 0) is 113 Å². The summed E-state index contributed by atoms with van der Waals surface area (Å²) < 4.78 is 10.1. The topological polar surface area (TPSA) is 48.1 Å². The van der Waals surface area contributed by atoms with Gasteiger partial charge in [0.05, 0.1) is 12.7 Å². The molecule has 1 atom stereocenters. The first-order valence-electron chi connectivity index (χ1n) is 25.5. The lowest BCUT2D eigenvalue weighted by Gasteiger charge is -2.37. The molecule has 6 nitrogen and oxygen atoms in total. The van der Waals surface area contributed by atoms with Crippen LogP contribution in [0.25, 0.3) is 11.1 Å². The molecule has 1 unspecified atom stereocenters. The third kappa shape index (κ3) is 15.0. The van der Waals surface area contributed by atoms with E-state index in [4.69, 9.17) is 51.1 Å². The first kappa shape index (κ1) is 56.4. The van der Waals surface area contributed by atoms with Gasteiger partial charge in [-0.15, -0.1) is 11.8 Å². The van der Waals surface area contributed by atoms with E-state index in [9.17, 15) is 0 Å². The number of benzene rings is 8. The molecule has 2 aromatic heterocycles. The Morgan fingerprint density at radius 1 is 0.584 bits per heavy atom. The normalized spacial score (nSPS) is 11.9. The van der Waals surface area contributed by atoms with Crippen molar-refractivity contribution in [2.24, 2.45) is 0 Å². The van der Waals surface area contributed by atoms with E-state index in [1.807, 2.05) is 104 Å². The Morgan fingerprint density at radius 2 is 1.14 bits per heavy atom. The van der Waals surface area contributed by atoms with Crippen molar-refractivity contribution in [2.45, 2.75) is 36.4 Å². The lowest BCUT2D eigenvalue weighted by atomic mass is 9.76. The van der Waals surface area contributed by atoms with E-state index >= 15 is 0 Å². The van der Waals surface area contributed by atoms with Crippen LogP contribution in [0.1, 0.15) is 63.1 Å². The SMILES string of the molecule is CC/C(=C(\c1ccccc1)c1ccc(OCCN(C)C)cc1)c1ccccc1.Clc1ccc(CSC(Cn2ccnc2)c2ccc(Cl)cc2Cl)cc1.Clc1ccccc1C(c1ccccc1)(c1ccccc1)n1ccnc1. The highest BCUT2D eigenvalue weighted by atomic mass is 35.5. The summed E-state index contributed by atoms with van der Waals surface area (Å²) in [6, 6.07) is 72.3. The molecule has 0 aliphatic carbocycles. The first-order chi connectivity index (χ1) is 37.6. The maximum atomic E-state index is 6.69. The number of hydrogen-bond acceptors (Lipinski definition) is 5. The van der Waals surface area contributed by atoms with Crippen molar-refractivity contribution in [3.8, 4) is 5.75 Å². The predicted molar refractivity (Wildman–Crippen MR) is 326 cm³/mol. The summed E-state index contributed by atoms with van der Waals surface area (Å²) >= 11 is 26.9. The Kier molecular flexibility index (Phi) is 20.9. The predicted octanol–water partition coefficient (Wildman–Crippen LogP) is 17.9. The van der Waals surface area contributed by atoms with Gasteiger partial charge < -0.3 is 18.8 Å². The number of imidazole rings is 2. The molecule has 0 bridgehead atoms. The fraction of sp³-hybridized carbons (Fsp3) is 0.152. The van der Waals surface area contributed by atoms with Crippen LogP contribution < -0.4 is 4.74 Å². The molecule has 0 amide bonds. The molecular weight excluding hydrogens is 1050 g/mol. The Balaban J connectivity index is 0.000000153. The molecule has 0 N–H and O–H groups in total. The van der Waals surface area contributed by atoms with Crippen LogP contribution in [-0.2, 0) is 17.8 Å². The summed E-state index contributed by atoms with van der Waals surface area (Å²) in [5.74, 6) is 1.78. The fourth-order valence-corrected chi connectivity index (χ4v) is 11.5. The zero-order valence-electron chi connectivity index (χ0n) is 43.3. The molecule has 10 aromatic rings. The van der Waals surface area contributed by atoms with Gasteiger partial charge in [-0.2, -0.15) is 0 Å². The van der Waals surface area contributed by atoms with E-state index in [1.54, 1.807) is 18.5 Å². The van der Waals surface area contributed by atoms with Crippen LogP contribution in [0.2, 0.25) is 20.1 Å². The Morgan fingerprint density at radius 3 is 1.70 bits per heavy atom. The molecule has 11 heteroatoms. The van der Waals surface area contributed by atoms with Gasteiger partial charge in [0.2, 0.25) is 0 Å². The molecule has 0 saturated carbocycles. The molecule has 0 aliphatic heterocycles. The van der Waals surface area contributed by atoms with Crippen LogP contribution in [0.4, 0.5) is 0 Å². The molecule has 390 valence electrons. The van der Waals surface area contributed by atoms with Gasteiger partial charge in [0, 0.05) is 74.5 Å². The summed E-state index contributed by atoms with van der Waals surface area (Å²) in [6.07, 6.45) is 12.2. The number of halogens is 4. The molecule has 2 heterocycles. The third-order valence-electron chi connectivity index (χ3n) is 12.9. The minimum Gasteiger partial charge on any atom is -0.492 e. The third-order valence-corrected chi connectivity index (χ3v) is 15.4. The largest absolute Gasteiger partial charge is 0.492 e. The molecule has 0 radical (unpaired) electrons. The Labute approximate surface area is 478 Å². The molecule has 0 aliphatic rings. The van der Waals surface area contributed by atoms with E-state index in [0.29, 0.717) is 16.7 Å². The van der Waals surface area contributed by atoms with E-state index in [2.05, 4.69) is 185 Å². The first-order valence-corrected chi connectivity index (χ1v) is 28.0. The zero-order valence-corrected chi connectivity index (χ0v) is 47.2. The lowest BCUT2D eigenvalue weighted by Crippen LogP contribution is -2.37. The standard InChI is InChI=1S/C26H29NO.C22H17ClN2.C18H15Cl3N2S/c1-4-25(21-11-7-5-8-12-21)26(22-13-9-6-10-14-22)23-15-17-24(18-16-23)28-20-19-27(2)3;23-21-14-8-7-13-20(21)22(25-16-15-24-17-25,18-9-3-1-4-10-18)19-11-5-2-6-12-19;19-14-3-1-13(2-4-14)11-24-18(10-23-8-7-22-12-23)16-6-5-15(20)9-17(16)21/h5-18H,4,19-20H2,1-3H3;1-17H;1-9,12,18H,10-11H2/b26-25-;;. The van der Waals surface area contributed by atoms with Crippen LogP contribution in [0.3, 0.4) is 0 Å². The highest BCUT2D eigenvalue weighted by molar-refractivity contribution is 7.98. The quantitative estimate of drug-likeness (QED) is 0.0633. The highest BCUT2D eigenvalue weighted by Crippen LogP contribution is 2.44. The number of rotatable bonds is 18. The summed E-state index contributed by atoms with van der Waals surface area (Å²) in [4.78, 5) is 10.6. The van der Waals surface area contributed by atoms with Gasteiger partial charge in [0.15, 0.2) is 0 Å². The Hall–Kier alpha value is -6.81. The van der Waals surface area contributed by atoms with Crippen LogP contribution in [0.15, 0.2) is 250 Å². The van der Waals surface area contributed by atoms with Crippen molar-refractivity contribution in [3.63, 3.8) is 0 Å². The summed E-state index contributed by atoms with van der Waals surface area (Å²) in [5, 5.41) is 3.01. The van der Waals surface area contributed by atoms with Crippen molar-refractivity contribution in [1.29, 1.82) is 0 Å². The molecule has 0 saturated heterocycles. The Bertz CT molecular complexity index is 3300. The monoisotopic (exact) mass is 1110 g/mol. The molecule has 0 spiro atoms. The summed E-state index contributed by atoms with van der Waals surface area (Å²) in [6.45, 7) is 4.62. The van der Waals surface area contributed by atoms with E-state index < -0.39 is 5.54 Å². The van der Waals surface area contributed by atoms with Crippen LogP contribution in [0, 0.1) is 0 Å². The van der Waals surface area contributed by atoms with Crippen molar-refractivity contribution in [2.75, 3.05) is 27.2 Å². The molecule has 77 heavy (non-hydrogen) atoms. The number of allylic oxidation sites excluding steroid dienone is 1. The summed E-state index contributed by atoms with van der Waals surface area (Å²) in [5.41, 5.74) is 11.4. The highest BCUT2D eigenvalue weighted by Gasteiger charge is 2.39. The van der Waals surface area contributed by atoms with Gasteiger partial charge in [-0.1, -0.05) is 223 Å². The van der Waals surface area contributed by atoms with Gasteiger partial charge in [0.25, 0.3) is 0 Å². The number of likely N-dealkylation sites (N-methyl/N-ethyl adjacent to an activating group) is 1. The van der Waals surface area contributed by atoms with E-state index in [0.717, 1.165) is 63.3 Å². The van der Waals surface area contributed by atoms with Gasteiger partial charge in [-0.3, -0.25) is 0 Å².